The lowest BCUT2D eigenvalue weighted by Crippen LogP contribution is -2.41. The van der Waals surface area contributed by atoms with E-state index < -0.39 is 5.82 Å². The Bertz CT molecular complexity index is 679. The zero-order valence-electron chi connectivity index (χ0n) is 13.6. The minimum atomic E-state index is -0.493. The maximum atomic E-state index is 13.8. The summed E-state index contributed by atoms with van der Waals surface area (Å²) >= 11 is 0. The number of halogens is 1. The summed E-state index contributed by atoms with van der Waals surface area (Å²) in [7, 11) is 0. The van der Waals surface area contributed by atoms with Crippen molar-refractivity contribution in [2.75, 3.05) is 19.8 Å². The Kier molecular flexibility index (Phi) is 5.26. The van der Waals surface area contributed by atoms with Crippen LogP contribution in [-0.4, -0.2) is 25.7 Å². The number of amides is 1. The van der Waals surface area contributed by atoms with Crippen LogP contribution < -0.4 is 5.32 Å². The van der Waals surface area contributed by atoms with Crippen LogP contribution >= 0.6 is 0 Å². The SMILES string of the molecule is O=C(NC[C@@]1(c2ccccc2)CCCOCC1)c1ccccc1F. The van der Waals surface area contributed by atoms with E-state index in [1.807, 2.05) is 18.2 Å². The molecule has 1 aliphatic rings. The Morgan fingerprint density at radius 2 is 1.79 bits per heavy atom. The summed E-state index contributed by atoms with van der Waals surface area (Å²) in [5.41, 5.74) is 1.12. The van der Waals surface area contributed by atoms with Crippen molar-refractivity contribution in [1.29, 1.82) is 0 Å². The van der Waals surface area contributed by atoms with Crippen LogP contribution in [0.5, 0.6) is 0 Å². The van der Waals surface area contributed by atoms with E-state index in [1.165, 1.54) is 17.7 Å². The van der Waals surface area contributed by atoms with Crippen molar-refractivity contribution < 1.29 is 13.9 Å². The lowest BCUT2D eigenvalue weighted by molar-refractivity contribution is 0.0933. The van der Waals surface area contributed by atoms with Gasteiger partial charge in [-0.05, 0) is 37.0 Å². The van der Waals surface area contributed by atoms with E-state index in [9.17, 15) is 9.18 Å². The first-order chi connectivity index (χ1) is 11.7. The average molecular weight is 327 g/mol. The smallest absolute Gasteiger partial charge is 0.254 e. The van der Waals surface area contributed by atoms with Crippen molar-refractivity contribution in [1.82, 2.24) is 5.32 Å². The Labute approximate surface area is 141 Å². The van der Waals surface area contributed by atoms with Crippen molar-refractivity contribution in [2.45, 2.75) is 24.7 Å². The fourth-order valence-corrected chi connectivity index (χ4v) is 3.36. The molecule has 0 radical (unpaired) electrons. The fourth-order valence-electron chi connectivity index (χ4n) is 3.36. The van der Waals surface area contributed by atoms with E-state index >= 15 is 0 Å². The minimum absolute atomic E-state index is 0.0885. The number of hydrogen-bond donors (Lipinski definition) is 1. The Morgan fingerprint density at radius 3 is 2.58 bits per heavy atom. The molecule has 0 aliphatic carbocycles. The van der Waals surface area contributed by atoms with Crippen LogP contribution in [0.4, 0.5) is 4.39 Å². The highest BCUT2D eigenvalue weighted by atomic mass is 19.1. The second-order valence-electron chi connectivity index (χ2n) is 6.27. The molecule has 0 aromatic heterocycles. The van der Waals surface area contributed by atoms with Gasteiger partial charge in [0.2, 0.25) is 0 Å². The maximum Gasteiger partial charge on any atom is 0.254 e. The summed E-state index contributed by atoms with van der Waals surface area (Å²) in [6.07, 6.45) is 2.73. The molecule has 126 valence electrons. The molecular formula is C20H22FNO2. The van der Waals surface area contributed by atoms with E-state index in [4.69, 9.17) is 4.74 Å². The average Bonchev–Trinajstić information content (AvgIpc) is 2.87. The second kappa shape index (κ2) is 7.58. The molecule has 2 aromatic carbocycles. The monoisotopic (exact) mass is 327 g/mol. The molecule has 1 N–H and O–H groups in total. The van der Waals surface area contributed by atoms with Crippen LogP contribution in [0, 0.1) is 5.82 Å². The molecule has 1 saturated heterocycles. The van der Waals surface area contributed by atoms with Crippen LogP contribution in [0.3, 0.4) is 0 Å². The largest absolute Gasteiger partial charge is 0.381 e. The zero-order chi connectivity index (χ0) is 16.8. The highest BCUT2D eigenvalue weighted by molar-refractivity contribution is 5.94. The molecule has 0 unspecified atom stereocenters. The van der Waals surface area contributed by atoms with Crippen LogP contribution in [-0.2, 0) is 10.2 Å². The molecule has 3 rings (SSSR count). The maximum absolute atomic E-state index is 13.8. The van der Waals surface area contributed by atoms with Gasteiger partial charge < -0.3 is 10.1 Å². The molecule has 24 heavy (non-hydrogen) atoms. The summed E-state index contributed by atoms with van der Waals surface area (Å²) in [5.74, 6) is -0.860. The van der Waals surface area contributed by atoms with E-state index in [2.05, 4.69) is 17.4 Å². The molecule has 1 amide bonds. The van der Waals surface area contributed by atoms with E-state index in [-0.39, 0.29) is 16.9 Å². The Hall–Kier alpha value is -2.20. The quantitative estimate of drug-likeness (QED) is 0.930. The van der Waals surface area contributed by atoms with Crippen LogP contribution in [0.2, 0.25) is 0 Å². The molecule has 1 fully saturated rings. The number of hydrogen-bond acceptors (Lipinski definition) is 2. The van der Waals surface area contributed by atoms with Gasteiger partial charge in [-0.25, -0.2) is 4.39 Å². The predicted molar refractivity (Wildman–Crippen MR) is 91.5 cm³/mol. The van der Waals surface area contributed by atoms with Crippen molar-refractivity contribution in [3.63, 3.8) is 0 Å². The van der Waals surface area contributed by atoms with Crippen molar-refractivity contribution >= 4 is 5.91 Å². The van der Waals surface area contributed by atoms with Crippen LogP contribution in [0.25, 0.3) is 0 Å². The van der Waals surface area contributed by atoms with Crippen molar-refractivity contribution in [2.24, 2.45) is 0 Å². The molecule has 1 aliphatic heterocycles. The molecule has 4 heteroatoms. The van der Waals surface area contributed by atoms with Gasteiger partial charge >= 0.3 is 0 Å². The van der Waals surface area contributed by atoms with Gasteiger partial charge in [0.05, 0.1) is 5.56 Å². The molecule has 0 saturated carbocycles. The van der Waals surface area contributed by atoms with Gasteiger partial charge in [0, 0.05) is 25.2 Å². The third kappa shape index (κ3) is 3.65. The molecule has 1 atom stereocenters. The highest BCUT2D eigenvalue weighted by Gasteiger charge is 2.33. The molecule has 1 heterocycles. The fraction of sp³-hybridized carbons (Fsp3) is 0.350. The summed E-state index contributed by atoms with van der Waals surface area (Å²) in [6, 6.07) is 16.3. The number of carbonyl (C=O) groups is 1. The summed E-state index contributed by atoms with van der Waals surface area (Å²) in [6.45, 7) is 1.90. The van der Waals surface area contributed by atoms with E-state index in [0.717, 1.165) is 25.9 Å². The molecular weight excluding hydrogens is 305 g/mol. The third-order valence-electron chi connectivity index (χ3n) is 4.76. The van der Waals surface area contributed by atoms with Gasteiger partial charge in [-0.3, -0.25) is 4.79 Å². The molecule has 3 nitrogen and oxygen atoms in total. The second-order valence-corrected chi connectivity index (χ2v) is 6.27. The van der Waals surface area contributed by atoms with Crippen LogP contribution in [0.15, 0.2) is 54.6 Å². The van der Waals surface area contributed by atoms with Gasteiger partial charge in [0.1, 0.15) is 5.82 Å². The normalized spacial score (nSPS) is 21.0. The van der Waals surface area contributed by atoms with E-state index in [1.54, 1.807) is 12.1 Å². The molecule has 0 spiro atoms. The topological polar surface area (TPSA) is 38.3 Å². The first-order valence-corrected chi connectivity index (χ1v) is 8.37. The van der Waals surface area contributed by atoms with Gasteiger partial charge in [0.15, 0.2) is 0 Å². The van der Waals surface area contributed by atoms with Crippen molar-refractivity contribution in [3.05, 3.63) is 71.5 Å². The van der Waals surface area contributed by atoms with Gasteiger partial charge in [-0.1, -0.05) is 42.5 Å². The first kappa shape index (κ1) is 16.7. The summed E-state index contributed by atoms with van der Waals surface area (Å²) in [5, 5.41) is 2.94. The molecule has 2 aromatic rings. The predicted octanol–water partition coefficient (Wildman–Crippen LogP) is 3.69. The van der Waals surface area contributed by atoms with Gasteiger partial charge in [-0.2, -0.15) is 0 Å². The number of carbonyl (C=O) groups excluding carboxylic acids is 1. The Balaban J connectivity index is 1.80. The number of ether oxygens (including phenoxy) is 1. The third-order valence-corrected chi connectivity index (χ3v) is 4.76. The molecule has 0 bridgehead atoms. The lowest BCUT2D eigenvalue weighted by Gasteiger charge is -2.33. The number of rotatable bonds is 4. The summed E-state index contributed by atoms with van der Waals surface area (Å²) < 4.78 is 19.4. The lowest BCUT2D eigenvalue weighted by atomic mass is 9.74. The Morgan fingerprint density at radius 1 is 1.04 bits per heavy atom. The highest BCUT2D eigenvalue weighted by Crippen LogP contribution is 2.34. The first-order valence-electron chi connectivity index (χ1n) is 8.37. The standard InChI is InChI=1S/C20H22FNO2/c21-18-10-5-4-9-17(18)19(23)22-15-20(11-6-13-24-14-12-20)16-7-2-1-3-8-16/h1-5,7-10H,6,11-15H2,(H,22,23)/t20-/m1/s1. The minimum Gasteiger partial charge on any atom is -0.381 e. The van der Waals surface area contributed by atoms with E-state index in [0.29, 0.717) is 13.2 Å². The van der Waals surface area contributed by atoms with Gasteiger partial charge in [-0.15, -0.1) is 0 Å². The van der Waals surface area contributed by atoms with Crippen LogP contribution in [0.1, 0.15) is 35.2 Å². The van der Waals surface area contributed by atoms with Crippen molar-refractivity contribution in [3.8, 4) is 0 Å². The number of benzene rings is 2. The van der Waals surface area contributed by atoms with Gasteiger partial charge in [0.25, 0.3) is 5.91 Å². The number of nitrogens with one attached hydrogen (secondary N) is 1. The zero-order valence-corrected chi connectivity index (χ0v) is 13.6. The summed E-state index contributed by atoms with van der Waals surface area (Å²) in [4.78, 5) is 12.4.